The number of hydrogen-bond acceptors (Lipinski definition) is 2. The molecule has 0 amide bonds. The second kappa shape index (κ2) is 5.94. The highest BCUT2D eigenvalue weighted by Gasteiger charge is 2.20. The minimum absolute atomic E-state index is 0.214. The second-order valence-electron chi connectivity index (χ2n) is 3.46. The summed E-state index contributed by atoms with van der Waals surface area (Å²) in [5.74, 6) is -1.21. The Labute approximate surface area is 108 Å². The summed E-state index contributed by atoms with van der Waals surface area (Å²) in [5.41, 5.74) is 0.432. The van der Waals surface area contributed by atoms with Crippen LogP contribution in [0.2, 0.25) is 0 Å². The lowest BCUT2D eigenvalue weighted by Crippen LogP contribution is -2.14. The van der Waals surface area contributed by atoms with Gasteiger partial charge in [0.05, 0.1) is 6.07 Å². The molecule has 1 aromatic carbocycles. The van der Waals surface area contributed by atoms with Gasteiger partial charge in [0.1, 0.15) is 11.7 Å². The molecule has 0 radical (unpaired) electrons. The molecule has 0 N–H and O–H groups in total. The normalized spacial score (nSPS) is 11.9. The monoisotopic (exact) mass is 331 g/mol. The lowest BCUT2D eigenvalue weighted by atomic mass is 9.95. The Kier molecular flexibility index (Phi) is 4.87. The van der Waals surface area contributed by atoms with Gasteiger partial charge >= 0.3 is 0 Å². The summed E-state index contributed by atoms with van der Waals surface area (Å²) in [6, 6.07) is 5.99. The third kappa shape index (κ3) is 3.01. The average Bonchev–Trinajstić information content (AvgIpc) is 2.25. The fraction of sp³-hybridized carbons (Fsp3) is 0.333. The molecule has 0 saturated heterocycles. The topological polar surface area (TPSA) is 40.9 Å². The van der Waals surface area contributed by atoms with E-state index in [9.17, 15) is 9.18 Å². The van der Waals surface area contributed by atoms with Crippen LogP contribution in [0.5, 0.6) is 0 Å². The Bertz CT molecular complexity index is 439. The van der Waals surface area contributed by atoms with Crippen molar-refractivity contribution in [1.82, 2.24) is 0 Å². The van der Waals surface area contributed by atoms with E-state index in [2.05, 4.69) is 0 Å². The van der Waals surface area contributed by atoms with E-state index >= 15 is 0 Å². The molecule has 1 rings (SSSR count). The van der Waals surface area contributed by atoms with Crippen molar-refractivity contribution < 1.29 is 9.18 Å². The van der Waals surface area contributed by atoms with Gasteiger partial charge in [-0.05, 0) is 47.2 Å². The first-order valence-corrected chi connectivity index (χ1v) is 6.07. The van der Waals surface area contributed by atoms with Crippen molar-refractivity contribution in [3.05, 3.63) is 33.1 Å². The van der Waals surface area contributed by atoms with Crippen LogP contribution >= 0.6 is 22.6 Å². The van der Waals surface area contributed by atoms with Crippen molar-refractivity contribution in [3.8, 4) is 6.07 Å². The highest BCUT2D eigenvalue weighted by atomic mass is 127. The van der Waals surface area contributed by atoms with Crippen molar-refractivity contribution in [1.29, 1.82) is 5.26 Å². The number of hydrogen-bond donors (Lipinski definition) is 0. The Morgan fingerprint density at radius 3 is 2.81 bits per heavy atom. The first kappa shape index (κ1) is 13.1. The largest absolute Gasteiger partial charge is 0.293 e. The van der Waals surface area contributed by atoms with Crippen LogP contribution in [0.25, 0.3) is 0 Å². The molecule has 16 heavy (non-hydrogen) atoms. The summed E-state index contributed by atoms with van der Waals surface area (Å²) < 4.78 is 13.4. The zero-order chi connectivity index (χ0) is 12.1. The molecule has 84 valence electrons. The fourth-order valence-corrected chi connectivity index (χ4v) is 2.16. The van der Waals surface area contributed by atoms with Crippen LogP contribution in [-0.4, -0.2) is 5.78 Å². The van der Waals surface area contributed by atoms with Crippen LogP contribution in [0.3, 0.4) is 0 Å². The van der Waals surface area contributed by atoms with Crippen LogP contribution in [0, 0.1) is 26.6 Å². The smallest absolute Gasteiger partial charge is 0.181 e. The van der Waals surface area contributed by atoms with E-state index in [4.69, 9.17) is 5.26 Å². The van der Waals surface area contributed by atoms with Crippen LogP contribution in [-0.2, 0) is 0 Å². The fourth-order valence-electron chi connectivity index (χ4n) is 1.42. The molecule has 2 nitrogen and oxygen atoms in total. The molecule has 0 bridgehead atoms. The van der Waals surface area contributed by atoms with Gasteiger partial charge in [0.2, 0.25) is 0 Å². The average molecular weight is 331 g/mol. The van der Waals surface area contributed by atoms with E-state index < -0.39 is 5.92 Å². The molecule has 0 aromatic heterocycles. The van der Waals surface area contributed by atoms with Gasteiger partial charge in [-0.3, -0.25) is 4.79 Å². The number of halogens is 2. The second-order valence-corrected chi connectivity index (χ2v) is 4.62. The minimum Gasteiger partial charge on any atom is -0.293 e. The summed E-state index contributed by atoms with van der Waals surface area (Å²) in [6.45, 7) is 1.92. The minimum atomic E-state index is -0.621. The highest BCUT2D eigenvalue weighted by molar-refractivity contribution is 14.1. The number of rotatable bonds is 4. The van der Waals surface area contributed by atoms with E-state index in [0.717, 1.165) is 6.42 Å². The van der Waals surface area contributed by atoms with Gasteiger partial charge in [-0.25, -0.2) is 4.39 Å². The quantitative estimate of drug-likeness (QED) is 0.625. The van der Waals surface area contributed by atoms with Crippen molar-refractivity contribution in [2.24, 2.45) is 5.92 Å². The van der Waals surface area contributed by atoms with Gasteiger partial charge in [-0.15, -0.1) is 0 Å². The van der Waals surface area contributed by atoms with E-state index in [0.29, 0.717) is 15.6 Å². The zero-order valence-corrected chi connectivity index (χ0v) is 11.0. The first-order valence-electron chi connectivity index (χ1n) is 4.99. The van der Waals surface area contributed by atoms with E-state index in [1.165, 1.54) is 18.2 Å². The number of carbonyl (C=O) groups is 1. The molecule has 0 saturated carbocycles. The number of benzene rings is 1. The Morgan fingerprint density at radius 2 is 2.31 bits per heavy atom. The maximum atomic E-state index is 12.9. The van der Waals surface area contributed by atoms with Gasteiger partial charge in [0, 0.05) is 9.13 Å². The van der Waals surface area contributed by atoms with Gasteiger partial charge < -0.3 is 0 Å². The summed E-state index contributed by atoms with van der Waals surface area (Å²) in [5, 5.41) is 8.89. The molecule has 1 unspecified atom stereocenters. The van der Waals surface area contributed by atoms with Crippen molar-refractivity contribution in [3.63, 3.8) is 0 Å². The van der Waals surface area contributed by atoms with E-state index in [-0.39, 0.29) is 11.6 Å². The summed E-state index contributed by atoms with van der Waals surface area (Å²) in [4.78, 5) is 11.9. The van der Waals surface area contributed by atoms with Crippen molar-refractivity contribution in [2.45, 2.75) is 19.8 Å². The molecule has 1 atom stereocenters. The number of ketones is 1. The molecule has 1 aromatic rings. The predicted molar refractivity (Wildman–Crippen MR) is 67.5 cm³/mol. The lowest BCUT2D eigenvalue weighted by Gasteiger charge is -2.08. The number of Topliss-reactive ketones (excluding diaryl/α,β-unsaturated/α-hetero) is 1. The summed E-state index contributed by atoms with van der Waals surface area (Å²) in [6.07, 6.45) is 1.32. The Morgan fingerprint density at radius 1 is 1.62 bits per heavy atom. The Hall–Kier alpha value is -0.960. The molecule has 0 aliphatic heterocycles. The number of nitriles is 1. The maximum absolute atomic E-state index is 12.9. The Balaban J connectivity index is 3.00. The van der Waals surface area contributed by atoms with Gasteiger partial charge in [0.25, 0.3) is 0 Å². The van der Waals surface area contributed by atoms with E-state index in [1.54, 1.807) is 0 Å². The molecule has 0 heterocycles. The van der Waals surface area contributed by atoms with Crippen molar-refractivity contribution in [2.75, 3.05) is 0 Å². The summed E-state index contributed by atoms with van der Waals surface area (Å²) >= 11 is 1.91. The van der Waals surface area contributed by atoms with Crippen molar-refractivity contribution >= 4 is 28.4 Å². The van der Waals surface area contributed by atoms with Gasteiger partial charge in [-0.2, -0.15) is 5.26 Å². The third-order valence-corrected chi connectivity index (χ3v) is 3.14. The molecule has 0 fully saturated rings. The SMILES string of the molecule is CCCC(C#N)C(=O)c1ccc(F)cc1I. The molecular weight excluding hydrogens is 320 g/mol. The number of carbonyl (C=O) groups excluding carboxylic acids is 1. The molecular formula is C12H11FINO. The third-order valence-electron chi connectivity index (χ3n) is 2.25. The summed E-state index contributed by atoms with van der Waals surface area (Å²) in [7, 11) is 0. The van der Waals surface area contributed by atoms with Crippen LogP contribution < -0.4 is 0 Å². The van der Waals surface area contributed by atoms with E-state index in [1.807, 2.05) is 35.6 Å². The molecule has 4 heteroatoms. The van der Waals surface area contributed by atoms with Gasteiger partial charge in [-0.1, -0.05) is 13.3 Å². The molecule has 0 aliphatic rings. The molecule has 0 aliphatic carbocycles. The standard InChI is InChI=1S/C12H11FINO/c1-2-3-8(7-15)12(16)10-5-4-9(13)6-11(10)14/h4-6,8H,2-3H2,1H3. The maximum Gasteiger partial charge on any atom is 0.181 e. The first-order chi connectivity index (χ1) is 7.60. The highest BCUT2D eigenvalue weighted by Crippen LogP contribution is 2.19. The van der Waals surface area contributed by atoms with Crippen LogP contribution in [0.15, 0.2) is 18.2 Å². The van der Waals surface area contributed by atoms with Crippen LogP contribution in [0.1, 0.15) is 30.1 Å². The predicted octanol–water partition coefficient (Wildman–Crippen LogP) is 3.55. The lowest BCUT2D eigenvalue weighted by molar-refractivity contribution is 0.0942. The van der Waals surface area contributed by atoms with Gasteiger partial charge in [0.15, 0.2) is 5.78 Å². The number of nitrogens with zero attached hydrogens (tertiary/aromatic N) is 1. The van der Waals surface area contributed by atoms with Crippen LogP contribution in [0.4, 0.5) is 4.39 Å². The molecule has 0 spiro atoms. The zero-order valence-electron chi connectivity index (χ0n) is 8.84.